The molecule has 484 valence electrons. The van der Waals surface area contributed by atoms with Crippen LogP contribution in [0.1, 0.15) is 296 Å². The second kappa shape index (κ2) is 64.4. The van der Waals surface area contributed by atoms with Gasteiger partial charge in [-0.15, -0.1) is 0 Å². The van der Waals surface area contributed by atoms with Crippen LogP contribution in [0.4, 0.5) is 0 Å². The number of quaternary nitrogens is 1. The molecule has 0 aromatic rings. The van der Waals surface area contributed by atoms with Crippen molar-refractivity contribution >= 4 is 13.7 Å². The smallest absolute Gasteiger partial charge is 0.387 e. The minimum absolute atomic E-state index is 0.0566. The SMILES string of the molecule is CC/C=C\C/C=C\C/C=C\C/C=C\C/C=C\C/C=C\C/C=C\C/C=C\C/C=C\CCCCCCCCCCCCCC(=O)NC(COP(=O)(O)OCC[N+](C)(C)C)C(O)/C=C/CCCCCCCCCCCCCCCCCCCCCCC. The molecule has 3 atom stereocenters. The number of aliphatic hydroxyl groups excluding tert-OH is 1. The molecule has 0 fully saturated rings. The summed E-state index contributed by atoms with van der Waals surface area (Å²) < 4.78 is 23.8. The fraction of sp³-hybridized carbons (Fsp3) is 0.720. The number of allylic oxidation sites excluding steroid dienone is 19. The van der Waals surface area contributed by atoms with E-state index in [1.54, 1.807) is 6.08 Å². The summed E-state index contributed by atoms with van der Waals surface area (Å²) in [7, 11) is 1.57. The topological polar surface area (TPSA) is 105 Å². The van der Waals surface area contributed by atoms with Gasteiger partial charge in [0, 0.05) is 6.42 Å². The summed E-state index contributed by atoms with van der Waals surface area (Å²) in [5.41, 5.74) is 0. The maximum absolute atomic E-state index is 13.1. The van der Waals surface area contributed by atoms with E-state index in [0.29, 0.717) is 17.4 Å². The van der Waals surface area contributed by atoms with E-state index in [9.17, 15) is 19.4 Å². The van der Waals surface area contributed by atoms with Gasteiger partial charge in [0.2, 0.25) is 5.91 Å². The number of phosphoric ester groups is 1. The van der Waals surface area contributed by atoms with Crippen molar-refractivity contribution in [1.29, 1.82) is 0 Å². The zero-order valence-corrected chi connectivity index (χ0v) is 56.3. The van der Waals surface area contributed by atoms with E-state index < -0.39 is 20.0 Å². The molecule has 3 unspecified atom stereocenters. The van der Waals surface area contributed by atoms with Gasteiger partial charge >= 0.3 is 7.82 Å². The predicted molar refractivity (Wildman–Crippen MR) is 368 cm³/mol. The zero-order valence-electron chi connectivity index (χ0n) is 55.4. The van der Waals surface area contributed by atoms with Crippen molar-refractivity contribution in [1.82, 2.24) is 5.32 Å². The van der Waals surface area contributed by atoms with E-state index >= 15 is 0 Å². The second-order valence-corrected chi connectivity index (χ2v) is 26.0. The molecule has 0 aliphatic heterocycles. The summed E-state index contributed by atoms with van der Waals surface area (Å²) in [6.45, 7) is 4.72. The first-order chi connectivity index (χ1) is 41.0. The van der Waals surface area contributed by atoms with Crippen molar-refractivity contribution in [3.05, 3.63) is 122 Å². The minimum Gasteiger partial charge on any atom is -0.387 e. The Morgan fingerprint density at radius 1 is 0.417 bits per heavy atom. The number of hydrogen-bond acceptors (Lipinski definition) is 5. The van der Waals surface area contributed by atoms with Crippen LogP contribution in [0.15, 0.2) is 122 Å². The lowest BCUT2D eigenvalue weighted by molar-refractivity contribution is -0.870. The molecule has 3 N–H and O–H groups in total. The van der Waals surface area contributed by atoms with E-state index in [1.165, 1.54) is 180 Å². The standard InChI is InChI=1S/C75H133N2O6P/c1-6-8-10-12-14-16-18-20-22-24-26-28-30-31-32-33-34-35-36-37-38-39-40-41-42-43-44-45-47-49-51-53-55-57-59-61-63-65-67-69-75(79)76-73(72-83-84(80,81)82-71-70-77(3,4)5)74(78)68-66-64-62-60-58-56-54-52-50-48-46-29-27-25-23-21-19-17-15-13-11-9-7-2/h8,10,14,16,20,22,26,28,31-32,34-35,37-38,40-41,43-44,66,68,73-74,78H,6-7,9,11-13,15,17-19,21,23-25,27,29-30,33,36,39,42,45-65,67,69-72H2,1-5H3,(H-,76,79,80,81)/p+1/b10-8-,16-14-,22-20-,28-26-,32-31-,35-34-,38-37-,41-40-,44-43-,68-66+. The molecule has 0 bridgehead atoms. The third-order valence-corrected chi connectivity index (χ3v) is 16.2. The van der Waals surface area contributed by atoms with Gasteiger partial charge in [0.25, 0.3) is 0 Å². The highest BCUT2D eigenvalue weighted by atomic mass is 31.2. The third-order valence-electron chi connectivity index (χ3n) is 15.2. The van der Waals surface area contributed by atoms with Crippen LogP contribution in [-0.4, -0.2) is 73.4 Å². The van der Waals surface area contributed by atoms with Crippen LogP contribution in [-0.2, 0) is 18.4 Å². The average Bonchev–Trinajstić information content (AvgIpc) is 3.56. The van der Waals surface area contributed by atoms with Crippen LogP contribution < -0.4 is 5.32 Å². The third kappa shape index (κ3) is 66.4. The number of unbranched alkanes of at least 4 members (excludes halogenated alkanes) is 32. The van der Waals surface area contributed by atoms with Crippen molar-refractivity contribution < 1.29 is 32.9 Å². The Kier molecular flexibility index (Phi) is 62.0. The summed E-state index contributed by atoms with van der Waals surface area (Å²) in [6, 6.07) is -0.857. The highest BCUT2D eigenvalue weighted by molar-refractivity contribution is 7.47. The summed E-state index contributed by atoms with van der Waals surface area (Å²) in [5.74, 6) is -0.182. The van der Waals surface area contributed by atoms with Crippen molar-refractivity contribution in [3.63, 3.8) is 0 Å². The number of nitrogens with zero attached hydrogens (tertiary/aromatic N) is 1. The predicted octanol–water partition coefficient (Wildman–Crippen LogP) is 22.4. The Bertz CT molecular complexity index is 1780. The first-order valence-corrected chi connectivity index (χ1v) is 36.4. The van der Waals surface area contributed by atoms with Crippen molar-refractivity contribution in [2.24, 2.45) is 0 Å². The van der Waals surface area contributed by atoms with E-state index in [4.69, 9.17) is 9.05 Å². The van der Waals surface area contributed by atoms with Gasteiger partial charge in [-0.3, -0.25) is 13.8 Å². The van der Waals surface area contributed by atoms with Gasteiger partial charge < -0.3 is 19.8 Å². The number of hydrogen-bond donors (Lipinski definition) is 3. The zero-order chi connectivity index (χ0) is 61.2. The fourth-order valence-electron chi connectivity index (χ4n) is 9.80. The number of amides is 1. The largest absolute Gasteiger partial charge is 0.472 e. The average molecular weight is 1190 g/mol. The van der Waals surface area contributed by atoms with Crippen molar-refractivity contribution in [2.45, 2.75) is 309 Å². The van der Waals surface area contributed by atoms with E-state index in [0.717, 1.165) is 96.3 Å². The van der Waals surface area contributed by atoms with Gasteiger partial charge in [0.1, 0.15) is 13.2 Å². The normalized spacial score (nSPS) is 14.4. The first kappa shape index (κ1) is 80.9. The second-order valence-electron chi connectivity index (χ2n) is 24.5. The molecule has 8 nitrogen and oxygen atoms in total. The van der Waals surface area contributed by atoms with Gasteiger partial charge in [-0.2, -0.15) is 0 Å². The number of phosphoric acid groups is 1. The van der Waals surface area contributed by atoms with Gasteiger partial charge in [-0.05, 0) is 89.9 Å². The Morgan fingerprint density at radius 3 is 1.05 bits per heavy atom. The van der Waals surface area contributed by atoms with E-state index in [1.807, 2.05) is 27.2 Å². The van der Waals surface area contributed by atoms with E-state index in [-0.39, 0.29) is 19.1 Å². The first-order valence-electron chi connectivity index (χ1n) is 34.9. The van der Waals surface area contributed by atoms with Gasteiger partial charge in [-0.25, -0.2) is 4.57 Å². The molecular formula is C75H134N2O6P+. The van der Waals surface area contributed by atoms with Crippen LogP contribution in [0.25, 0.3) is 0 Å². The molecule has 0 rings (SSSR count). The molecule has 84 heavy (non-hydrogen) atoms. The van der Waals surface area contributed by atoms with Crippen LogP contribution >= 0.6 is 7.82 Å². The monoisotopic (exact) mass is 1190 g/mol. The Hall–Kier alpha value is -3.10. The molecule has 0 spiro atoms. The van der Waals surface area contributed by atoms with Crippen LogP contribution in [0.5, 0.6) is 0 Å². The summed E-state index contributed by atoms with van der Waals surface area (Å²) >= 11 is 0. The lowest BCUT2D eigenvalue weighted by Crippen LogP contribution is -2.45. The number of aliphatic hydroxyl groups is 1. The quantitative estimate of drug-likeness (QED) is 0.0243. The number of carbonyl (C=O) groups is 1. The minimum atomic E-state index is -4.36. The Labute approximate surface area is 520 Å². The molecule has 0 aromatic heterocycles. The van der Waals surface area contributed by atoms with Crippen LogP contribution in [0, 0.1) is 0 Å². The molecule has 0 saturated heterocycles. The van der Waals surface area contributed by atoms with Crippen LogP contribution in [0.3, 0.4) is 0 Å². The number of rotatable bonds is 63. The molecule has 0 aliphatic rings. The number of nitrogens with one attached hydrogen (secondary N) is 1. The van der Waals surface area contributed by atoms with Crippen molar-refractivity contribution in [2.75, 3.05) is 40.9 Å². The van der Waals surface area contributed by atoms with Gasteiger partial charge in [0.05, 0.1) is 39.9 Å². The summed E-state index contributed by atoms with van der Waals surface area (Å²) in [6.07, 6.45) is 96.2. The molecule has 0 saturated carbocycles. The lowest BCUT2D eigenvalue weighted by atomic mass is 10.0. The highest BCUT2D eigenvalue weighted by Crippen LogP contribution is 2.43. The highest BCUT2D eigenvalue weighted by Gasteiger charge is 2.28. The van der Waals surface area contributed by atoms with Crippen molar-refractivity contribution in [3.8, 4) is 0 Å². The van der Waals surface area contributed by atoms with Gasteiger partial charge in [-0.1, -0.05) is 322 Å². The molecule has 1 amide bonds. The maximum Gasteiger partial charge on any atom is 0.472 e. The number of likely N-dealkylation sites (N-methyl/N-ethyl adjacent to an activating group) is 1. The van der Waals surface area contributed by atoms with E-state index in [2.05, 4.69) is 129 Å². The molecular weight excluding hydrogens is 1060 g/mol. The molecule has 0 aromatic carbocycles. The van der Waals surface area contributed by atoms with Gasteiger partial charge in [0.15, 0.2) is 0 Å². The Morgan fingerprint density at radius 2 is 0.714 bits per heavy atom. The summed E-state index contributed by atoms with van der Waals surface area (Å²) in [5, 5.41) is 14.0. The lowest BCUT2D eigenvalue weighted by Gasteiger charge is -2.25. The Balaban J connectivity index is 4.11. The summed E-state index contributed by atoms with van der Waals surface area (Å²) in [4.78, 5) is 23.4. The molecule has 0 aliphatic carbocycles. The fourth-order valence-corrected chi connectivity index (χ4v) is 10.5. The maximum atomic E-state index is 13.1. The molecule has 0 heterocycles. The molecule has 0 radical (unpaired) electrons. The van der Waals surface area contributed by atoms with Crippen LogP contribution in [0.2, 0.25) is 0 Å². The number of carbonyl (C=O) groups excluding carboxylic acids is 1. The molecule has 9 heteroatoms.